The smallest absolute Gasteiger partial charge is 0.142 e. The van der Waals surface area contributed by atoms with Crippen LogP contribution in [-0.2, 0) is 7.05 Å². The van der Waals surface area contributed by atoms with E-state index in [9.17, 15) is 4.39 Å². The van der Waals surface area contributed by atoms with Crippen LogP contribution < -0.4 is 5.73 Å². The summed E-state index contributed by atoms with van der Waals surface area (Å²) in [4.78, 5) is 0. The van der Waals surface area contributed by atoms with E-state index in [-0.39, 0.29) is 0 Å². The van der Waals surface area contributed by atoms with E-state index in [1.165, 1.54) is 6.92 Å². The van der Waals surface area contributed by atoms with E-state index < -0.39 is 6.17 Å². The normalized spacial score (nSPS) is 13.4. The molecule has 14 heavy (non-hydrogen) atoms. The lowest BCUT2D eigenvalue weighted by Crippen LogP contribution is -1.92. The van der Waals surface area contributed by atoms with Gasteiger partial charge >= 0.3 is 0 Å². The van der Waals surface area contributed by atoms with E-state index in [4.69, 9.17) is 5.73 Å². The minimum absolute atomic E-state index is 0.454. The van der Waals surface area contributed by atoms with Crippen molar-refractivity contribution in [3.63, 3.8) is 0 Å². The number of anilines is 1. The third-order valence-corrected chi connectivity index (χ3v) is 2.28. The van der Waals surface area contributed by atoms with Gasteiger partial charge in [0.15, 0.2) is 0 Å². The Hall–Kier alpha value is -1.58. The van der Waals surface area contributed by atoms with Crippen LogP contribution in [0.25, 0.3) is 10.9 Å². The molecule has 0 spiro atoms. The number of fused-ring (bicyclic) bond motifs is 1. The molecule has 3 nitrogen and oxygen atoms in total. The van der Waals surface area contributed by atoms with E-state index in [1.807, 2.05) is 6.07 Å². The molecule has 0 amide bonds. The first-order chi connectivity index (χ1) is 6.59. The van der Waals surface area contributed by atoms with E-state index in [0.29, 0.717) is 11.4 Å². The number of rotatable bonds is 1. The first-order valence-electron chi connectivity index (χ1n) is 4.46. The molecular formula is C10H12FN3. The summed E-state index contributed by atoms with van der Waals surface area (Å²) in [6.45, 7) is 1.48. The Balaban J connectivity index is 2.79. The second kappa shape index (κ2) is 2.97. The highest BCUT2D eigenvalue weighted by Gasteiger charge is 2.13. The zero-order chi connectivity index (χ0) is 10.3. The predicted molar refractivity (Wildman–Crippen MR) is 54.6 cm³/mol. The van der Waals surface area contributed by atoms with Gasteiger partial charge in [-0.3, -0.25) is 4.68 Å². The first kappa shape index (κ1) is 8.99. The number of benzene rings is 1. The molecule has 0 saturated heterocycles. The van der Waals surface area contributed by atoms with Crippen LogP contribution in [-0.4, -0.2) is 9.78 Å². The number of hydrogen-bond donors (Lipinski definition) is 1. The van der Waals surface area contributed by atoms with Gasteiger partial charge in [0.25, 0.3) is 0 Å². The number of alkyl halides is 1. The second-order valence-electron chi connectivity index (χ2n) is 3.40. The fourth-order valence-electron chi connectivity index (χ4n) is 1.60. The molecule has 2 N–H and O–H groups in total. The molecule has 74 valence electrons. The van der Waals surface area contributed by atoms with Gasteiger partial charge in [0.05, 0.1) is 5.52 Å². The number of nitrogens with zero attached hydrogens (tertiary/aromatic N) is 2. The van der Waals surface area contributed by atoms with Crippen molar-refractivity contribution >= 4 is 16.6 Å². The monoisotopic (exact) mass is 193 g/mol. The Morgan fingerprint density at radius 2 is 2.21 bits per heavy atom. The average Bonchev–Trinajstić information content (AvgIpc) is 2.43. The molecule has 2 aromatic rings. The maximum absolute atomic E-state index is 13.2. The molecule has 1 aromatic carbocycles. The van der Waals surface area contributed by atoms with Gasteiger partial charge in [-0.15, -0.1) is 0 Å². The molecular weight excluding hydrogens is 181 g/mol. The van der Waals surface area contributed by atoms with Gasteiger partial charge in [0, 0.05) is 18.1 Å². The van der Waals surface area contributed by atoms with Gasteiger partial charge in [-0.25, -0.2) is 4.39 Å². The van der Waals surface area contributed by atoms with Crippen LogP contribution in [0.5, 0.6) is 0 Å². The van der Waals surface area contributed by atoms with Crippen molar-refractivity contribution < 1.29 is 4.39 Å². The Kier molecular flexibility index (Phi) is 1.91. The number of nitrogen functional groups attached to an aromatic ring is 1. The number of aromatic nitrogens is 2. The summed E-state index contributed by atoms with van der Waals surface area (Å²) in [6.07, 6.45) is -1.07. The summed E-state index contributed by atoms with van der Waals surface area (Å²) < 4.78 is 14.9. The third-order valence-electron chi connectivity index (χ3n) is 2.28. The van der Waals surface area contributed by atoms with Crippen molar-refractivity contribution in [2.75, 3.05) is 5.73 Å². The van der Waals surface area contributed by atoms with Gasteiger partial charge in [-0.1, -0.05) is 0 Å². The fourth-order valence-corrected chi connectivity index (χ4v) is 1.60. The number of nitrogens with two attached hydrogens (primary N) is 1. The predicted octanol–water partition coefficient (Wildman–Crippen LogP) is 2.19. The highest BCUT2D eigenvalue weighted by molar-refractivity contribution is 5.85. The molecule has 1 heterocycles. The number of aryl methyl sites for hydroxylation is 1. The minimum Gasteiger partial charge on any atom is -0.399 e. The molecule has 2 rings (SSSR count). The molecule has 0 bridgehead atoms. The minimum atomic E-state index is -1.07. The van der Waals surface area contributed by atoms with Crippen molar-refractivity contribution in [2.45, 2.75) is 13.1 Å². The molecule has 4 heteroatoms. The van der Waals surface area contributed by atoms with Crippen LogP contribution in [0.15, 0.2) is 18.2 Å². The molecule has 1 atom stereocenters. The maximum atomic E-state index is 13.2. The summed E-state index contributed by atoms with van der Waals surface area (Å²) in [7, 11) is 1.80. The first-order valence-corrected chi connectivity index (χ1v) is 4.46. The van der Waals surface area contributed by atoms with Crippen LogP contribution in [0.4, 0.5) is 10.1 Å². The molecule has 0 saturated carbocycles. The molecule has 0 aliphatic carbocycles. The SMILES string of the molecule is CC(F)c1nn(C)c2ccc(N)cc12. The Labute approximate surface area is 81.3 Å². The van der Waals surface area contributed by atoms with Crippen LogP contribution in [0, 0.1) is 0 Å². The summed E-state index contributed by atoms with van der Waals surface area (Å²) in [5, 5.41) is 4.91. The number of hydrogen-bond acceptors (Lipinski definition) is 2. The van der Waals surface area contributed by atoms with Gasteiger partial charge in [-0.05, 0) is 25.1 Å². The zero-order valence-electron chi connectivity index (χ0n) is 8.16. The van der Waals surface area contributed by atoms with Gasteiger partial charge in [0.2, 0.25) is 0 Å². The Bertz CT molecular complexity index is 473. The highest BCUT2D eigenvalue weighted by atomic mass is 19.1. The summed E-state index contributed by atoms with van der Waals surface area (Å²) in [5.41, 5.74) is 7.63. The lowest BCUT2D eigenvalue weighted by Gasteiger charge is -1.97. The third kappa shape index (κ3) is 1.23. The van der Waals surface area contributed by atoms with Gasteiger partial charge in [0.1, 0.15) is 11.9 Å². The molecule has 1 aromatic heterocycles. The Morgan fingerprint density at radius 3 is 2.86 bits per heavy atom. The average molecular weight is 193 g/mol. The van der Waals surface area contributed by atoms with Crippen molar-refractivity contribution in [2.24, 2.45) is 7.05 Å². The largest absolute Gasteiger partial charge is 0.399 e. The molecule has 0 radical (unpaired) electrons. The summed E-state index contributed by atoms with van der Waals surface area (Å²) in [5.74, 6) is 0. The lowest BCUT2D eigenvalue weighted by molar-refractivity contribution is 0.365. The Morgan fingerprint density at radius 1 is 1.50 bits per heavy atom. The van der Waals surface area contributed by atoms with E-state index in [2.05, 4.69) is 5.10 Å². The lowest BCUT2D eigenvalue weighted by atomic mass is 10.1. The van der Waals surface area contributed by atoms with Crippen LogP contribution in [0.2, 0.25) is 0 Å². The molecule has 0 fully saturated rings. The topological polar surface area (TPSA) is 43.8 Å². The van der Waals surface area contributed by atoms with Crippen molar-refractivity contribution in [3.05, 3.63) is 23.9 Å². The van der Waals surface area contributed by atoms with E-state index in [0.717, 1.165) is 10.9 Å². The van der Waals surface area contributed by atoms with Crippen LogP contribution in [0.1, 0.15) is 18.8 Å². The molecule has 0 aliphatic heterocycles. The standard InChI is InChI=1S/C10H12FN3/c1-6(11)10-8-5-7(12)3-4-9(8)14(2)13-10/h3-6H,12H2,1-2H3. The highest BCUT2D eigenvalue weighted by Crippen LogP contribution is 2.26. The quantitative estimate of drug-likeness (QED) is 0.705. The van der Waals surface area contributed by atoms with Gasteiger partial charge < -0.3 is 5.73 Å². The van der Waals surface area contributed by atoms with E-state index >= 15 is 0 Å². The van der Waals surface area contributed by atoms with Crippen molar-refractivity contribution in [1.29, 1.82) is 0 Å². The second-order valence-corrected chi connectivity index (χ2v) is 3.40. The fraction of sp³-hybridized carbons (Fsp3) is 0.300. The summed E-state index contributed by atoms with van der Waals surface area (Å²) in [6, 6.07) is 5.40. The van der Waals surface area contributed by atoms with E-state index in [1.54, 1.807) is 23.9 Å². The zero-order valence-corrected chi connectivity index (χ0v) is 8.16. The van der Waals surface area contributed by atoms with Crippen LogP contribution in [0.3, 0.4) is 0 Å². The van der Waals surface area contributed by atoms with Crippen LogP contribution >= 0.6 is 0 Å². The van der Waals surface area contributed by atoms with Gasteiger partial charge in [-0.2, -0.15) is 5.10 Å². The summed E-state index contributed by atoms with van der Waals surface area (Å²) >= 11 is 0. The number of halogens is 1. The molecule has 0 aliphatic rings. The maximum Gasteiger partial charge on any atom is 0.142 e. The van der Waals surface area contributed by atoms with Crippen molar-refractivity contribution in [1.82, 2.24) is 9.78 Å². The molecule has 1 unspecified atom stereocenters. The van der Waals surface area contributed by atoms with Crippen molar-refractivity contribution in [3.8, 4) is 0 Å².